The summed E-state index contributed by atoms with van der Waals surface area (Å²) in [6.07, 6.45) is -4.46. The molecule has 5 nitrogen and oxygen atoms in total. The van der Waals surface area contributed by atoms with Crippen molar-refractivity contribution in [2.24, 2.45) is 0 Å². The minimum absolute atomic E-state index is 0.0511. The van der Waals surface area contributed by atoms with Crippen molar-refractivity contribution in [2.45, 2.75) is 13.1 Å². The lowest BCUT2D eigenvalue weighted by atomic mass is 10.2. The van der Waals surface area contributed by atoms with E-state index in [1.54, 1.807) is 6.92 Å². The first-order valence-electron chi connectivity index (χ1n) is 6.04. The fraction of sp³-hybridized carbons (Fsp3) is 0.500. The Hall–Kier alpha value is -1.99. The highest BCUT2D eigenvalue weighted by Crippen LogP contribution is 2.32. The van der Waals surface area contributed by atoms with Crippen LogP contribution in [-0.4, -0.2) is 38.1 Å². The van der Waals surface area contributed by atoms with Gasteiger partial charge in [-0.05, 0) is 19.1 Å². The Bertz CT molecular complexity index is 476. The number of amides is 1. The molecule has 0 aliphatic heterocycles. The van der Waals surface area contributed by atoms with Gasteiger partial charge in [0.1, 0.15) is 11.6 Å². The highest BCUT2D eigenvalue weighted by Gasteiger charge is 2.32. The number of pyridine rings is 1. The van der Waals surface area contributed by atoms with Crippen molar-refractivity contribution in [3.05, 3.63) is 17.7 Å². The number of hydrogen-bond donors (Lipinski definition) is 2. The third-order valence-electron chi connectivity index (χ3n) is 2.71. The Morgan fingerprint density at radius 1 is 1.35 bits per heavy atom. The standard InChI is InChI=1S/C12H17F3N4O/c1-4-19(7-11(20)17-3)10-6-8(12(13,14)15)5-9(16-2)18-10/h5-6H,4,7H2,1-3H3,(H,16,18)(H,17,20). The zero-order valence-electron chi connectivity index (χ0n) is 11.5. The smallest absolute Gasteiger partial charge is 0.373 e. The van der Waals surface area contributed by atoms with Crippen LogP contribution in [0.15, 0.2) is 12.1 Å². The molecule has 0 radical (unpaired) electrons. The molecule has 0 aromatic carbocycles. The molecule has 0 bridgehead atoms. The molecule has 0 atom stereocenters. The first kappa shape index (κ1) is 16.1. The molecule has 0 aliphatic carbocycles. The van der Waals surface area contributed by atoms with Gasteiger partial charge in [-0.3, -0.25) is 4.79 Å². The number of carbonyl (C=O) groups excluding carboxylic acids is 1. The minimum atomic E-state index is -4.46. The summed E-state index contributed by atoms with van der Waals surface area (Å²) in [5.74, 6) is -0.0856. The molecule has 112 valence electrons. The van der Waals surface area contributed by atoms with Crippen LogP contribution in [0.5, 0.6) is 0 Å². The van der Waals surface area contributed by atoms with Crippen LogP contribution in [0.3, 0.4) is 0 Å². The van der Waals surface area contributed by atoms with E-state index in [0.717, 1.165) is 12.1 Å². The second-order valence-corrected chi connectivity index (χ2v) is 4.03. The number of rotatable bonds is 5. The quantitative estimate of drug-likeness (QED) is 0.867. The van der Waals surface area contributed by atoms with E-state index in [2.05, 4.69) is 15.6 Å². The molecule has 1 heterocycles. The van der Waals surface area contributed by atoms with Gasteiger partial charge in [0, 0.05) is 20.6 Å². The topological polar surface area (TPSA) is 57.3 Å². The predicted molar refractivity (Wildman–Crippen MR) is 70.7 cm³/mol. The highest BCUT2D eigenvalue weighted by atomic mass is 19.4. The van der Waals surface area contributed by atoms with Crippen LogP contribution in [0.2, 0.25) is 0 Å². The zero-order valence-corrected chi connectivity index (χ0v) is 11.5. The second-order valence-electron chi connectivity index (χ2n) is 4.03. The Labute approximate surface area is 115 Å². The number of aromatic nitrogens is 1. The Balaban J connectivity index is 3.17. The Kier molecular flexibility index (Phi) is 5.18. The molecule has 0 aliphatic rings. The van der Waals surface area contributed by atoms with Crippen LogP contribution in [0, 0.1) is 0 Å². The first-order chi connectivity index (χ1) is 9.31. The summed E-state index contributed by atoms with van der Waals surface area (Å²) in [5.41, 5.74) is -0.804. The molecule has 1 rings (SSSR count). The molecular weight excluding hydrogens is 273 g/mol. The maximum atomic E-state index is 12.8. The Morgan fingerprint density at radius 2 is 2.00 bits per heavy atom. The van der Waals surface area contributed by atoms with Gasteiger partial charge in [-0.1, -0.05) is 0 Å². The lowest BCUT2D eigenvalue weighted by Gasteiger charge is -2.22. The summed E-state index contributed by atoms with van der Waals surface area (Å²) >= 11 is 0. The molecule has 2 N–H and O–H groups in total. The minimum Gasteiger partial charge on any atom is -0.373 e. The maximum absolute atomic E-state index is 12.8. The molecule has 1 amide bonds. The van der Waals surface area contributed by atoms with Crippen molar-refractivity contribution >= 4 is 17.5 Å². The van der Waals surface area contributed by atoms with E-state index in [1.165, 1.54) is 19.0 Å². The van der Waals surface area contributed by atoms with Crippen molar-refractivity contribution in [3.8, 4) is 0 Å². The van der Waals surface area contributed by atoms with Gasteiger partial charge in [0.2, 0.25) is 5.91 Å². The zero-order chi connectivity index (χ0) is 15.3. The third-order valence-corrected chi connectivity index (χ3v) is 2.71. The van der Waals surface area contributed by atoms with Gasteiger partial charge in [0.05, 0.1) is 12.1 Å². The normalized spacial score (nSPS) is 11.1. The van der Waals surface area contributed by atoms with Gasteiger partial charge in [0.25, 0.3) is 0 Å². The first-order valence-corrected chi connectivity index (χ1v) is 6.04. The number of anilines is 2. The largest absolute Gasteiger partial charge is 0.416 e. The van der Waals surface area contributed by atoms with Crippen LogP contribution in [0.4, 0.5) is 24.8 Å². The lowest BCUT2D eigenvalue weighted by Crippen LogP contribution is -2.36. The molecule has 0 unspecified atom stereocenters. The molecule has 0 saturated carbocycles. The van der Waals surface area contributed by atoms with E-state index in [-0.39, 0.29) is 24.1 Å². The van der Waals surface area contributed by atoms with E-state index in [1.807, 2.05) is 0 Å². The summed E-state index contributed by atoms with van der Waals surface area (Å²) in [4.78, 5) is 16.9. The second kappa shape index (κ2) is 6.44. The predicted octanol–water partition coefficient (Wildman–Crippen LogP) is 1.71. The average Bonchev–Trinajstić information content (AvgIpc) is 2.42. The van der Waals surface area contributed by atoms with Crippen molar-refractivity contribution in [1.29, 1.82) is 0 Å². The summed E-state index contributed by atoms with van der Waals surface area (Å²) in [7, 11) is 2.95. The number of alkyl halides is 3. The van der Waals surface area contributed by atoms with E-state index < -0.39 is 11.7 Å². The van der Waals surface area contributed by atoms with Gasteiger partial charge in [0.15, 0.2) is 0 Å². The van der Waals surface area contributed by atoms with Gasteiger partial charge in [-0.25, -0.2) is 4.98 Å². The number of hydrogen-bond acceptors (Lipinski definition) is 4. The van der Waals surface area contributed by atoms with Gasteiger partial charge in [-0.15, -0.1) is 0 Å². The van der Waals surface area contributed by atoms with Gasteiger partial charge >= 0.3 is 6.18 Å². The van der Waals surface area contributed by atoms with Crippen molar-refractivity contribution in [2.75, 3.05) is 37.4 Å². The molecule has 1 aromatic heterocycles. The fourth-order valence-electron chi connectivity index (χ4n) is 1.58. The lowest BCUT2D eigenvalue weighted by molar-refractivity contribution is -0.137. The van der Waals surface area contributed by atoms with Crippen LogP contribution in [-0.2, 0) is 11.0 Å². The van der Waals surface area contributed by atoms with E-state index >= 15 is 0 Å². The van der Waals surface area contributed by atoms with Crippen LogP contribution in [0.1, 0.15) is 12.5 Å². The maximum Gasteiger partial charge on any atom is 0.416 e. The van der Waals surface area contributed by atoms with Crippen LogP contribution >= 0.6 is 0 Å². The van der Waals surface area contributed by atoms with E-state index in [4.69, 9.17) is 0 Å². The van der Waals surface area contributed by atoms with Crippen LogP contribution in [0.25, 0.3) is 0 Å². The number of nitrogens with one attached hydrogen (secondary N) is 2. The third kappa shape index (κ3) is 4.01. The summed E-state index contributed by atoms with van der Waals surface area (Å²) in [6.45, 7) is 2.05. The molecule has 0 spiro atoms. The van der Waals surface area contributed by atoms with Gasteiger partial charge < -0.3 is 15.5 Å². The van der Waals surface area contributed by atoms with Crippen LogP contribution < -0.4 is 15.5 Å². The number of carbonyl (C=O) groups is 1. The number of halogens is 3. The van der Waals surface area contributed by atoms with Crippen molar-refractivity contribution in [3.63, 3.8) is 0 Å². The summed E-state index contributed by atoms with van der Waals surface area (Å²) in [5, 5.41) is 5.01. The monoisotopic (exact) mass is 290 g/mol. The highest BCUT2D eigenvalue weighted by molar-refractivity contribution is 5.80. The van der Waals surface area contributed by atoms with Crippen molar-refractivity contribution < 1.29 is 18.0 Å². The van der Waals surface area contributed by atoms with E-state index in [9.17, 15) is 18.0 Å². The summed E-state index contributed by atoms with van der Waals surface area (Å²) < 4.78 is 38.5. The molecule has 1 aromatic rings. The fourth-order valence-corrected chi connectivity index (χ4v) is 1.58. The average molecular weight is 290 g/mol. The Morgan fingerprint density at radius 3 is 2.45 bits per heavy atom. The molecule has 20 heavy (non-hydrogen) atoms. The number of likely N-dealkylation sites (N-methyl/N-ethyl adjacent to an activating group) is 2. The molecular formula is C12H17F3N4O. The molecule has 0 saturated heterocycles. The molecule has 0 fully saturated rings. The molecule has 8 heteroatoms. The SMILES string of the molecule is CCN(CC(=O)NC)c1cc(C(F)(F)F)cc(NC)n1. The van der Waals surface area contributed by atoms with Crippen molar-refractivity contribution in [1.82, 2.24) is 10.3 Å². The number of nitrogens with zero attached hydrogens (tertiary/aromatic N) is 2. The van der Waals surface area contributed by atoms with Gasteiger partial charge in [-0.2, -0.15) is 13.2 Å². The summed E-state index contributed by atoms with van der Waals surface area (Å²) in [6, 6.07) is 1.87. The van der Waals surface area contributed by atoms with E-state index in [0.29, 0.717) is 6.54 Å².